The molecule has 0 saturated carbocycles. The van der Waals surface area contributed by atoms with Gasteiger partial charge >= 0.3 is 0 Å². The number of nitrogens with zero attached hydrogens (tertiary/aromatic N) is 1. The van der Waals surface area contributed by atoms with Crippen molar-refractivity contribution >= 4 is 16.7 Å². The fraction of sp³-hybridized carbons (Fsp3) is 0.227. The molecule has 0 aromatic heterocycles. The summed E-state index contributed by atoms with van der Waals surface area (Å²) in [4.78, 5) is 14.2. The Morgan fingerprint density at radius 1 is 1.04 bits per heavy atom. The third-order valence-corrected chi connectivity index (χ3v) is 4.46. The summed E-state index contributed by atoms with van der Waals surface area (Å²) < 4.78 is 18.7. The molecule has 140 valence electrons. The van der Waals surface area contributed by atoms with Crippen molar-refractivity contribution in [2.45, 2.75) is 6.04 Å². The first-order valence-electron chi connectivity index (χ1n) is 8.83. The lowest BCUT2D eigenvalue weighted by Gasteiger charge is -2.25. The van der Waals surface area contributed by atoms with Gasteiger partial charge in [0.1, 0.15) is 11.6 Å². The number of ether oxygens (including phenoxy) is 1. The van der Waals surface area contributed by atoms with Crippen LogP contribution in [0.5, 0.6) is 5.75 Å². The summed E-state index contributed by atoms with van der Waals surface area (Å²) >= 11 is 0. The van der Waals surface area contributed by atoms with Crippen LogP contribution in [0.3, 0.4) is 0 Å². The second kappa shape index (κ2) is 8.64. The minimum Gasteiger partial charge on any atom is -0.484 e. The van der Waals surface area contributed by atoms with E-state index < -0.39 is 0 Å². The molecule has 1 unspecified atom stereocenters. The van der Waals surface area contributed by atoms with E-state index in [1.807, 2.05) is 61.5 Å². The molecule has 5 heteroatoms. The zero-order chi connectivity index (χ0) is 19.2. The highest BCUT2D eigenvalue weighted by Gasteiger charge is 2.15. The molecule has 0 radical (unpaired) electrons. The van der Waals surface area contributed by atoms with Crippen LogP contribution >= 0.6 is 0 Å². The first-order chi connectivity index (χ1) is 13.0. The van der Waals surface area contributed by atoms with Gasteiger partial charge in [-0.15, -0.1) is 0 Å². The van der Waals surface area contributed by atoms with Gasteiger partial charge in [-0.1, -0.05) is 42.5 Å². The van der Waals surface area contributed by atoms with Crippen LogP contribution in [0.15, 0.2) is 66.7 Å². The van der Waals surface area contributed by atoms with Crippen LogP contribution in [0.2, 0.25) is 0 Å². The van der Waals surface area contributed by atoms with E-state index in [0.717, 1.165) is 16.3 Å². The summed E-state index contributed by atoms with van der Waals surface area (Å²) in [7, 11) is 3.84. The molecule has 3 aromatic rings. The quantitative estimate of drug-likeness (QED) is 0.692. The fourth-order valence-corrected chi connectivity index (χ4v) is 2.95. The predicted octanol–water partition coefficient (Wildman–Crippen LogP) is 3.78. The van der Waals surface area contributed by atoms with Crippen molar-refractivity contribution in [2.75, 3.05) is 27.2 Å². The third-order valence-electron chi connectivity index (χ3n) is 4.46. The number of carbonyl (C=O) groups is 1. The number of nitrogens with one attached hydrogen (secondary N) is 1. The number of hydrogen-bond acceptors (Lipinski definition) is 3. The van der Waals surface area contributed by atoms with Crippen molar-refractivity contribution in [2.24, 2.45) is 0 Å². The molecular formula is C22H23FN2O2. The smallest absolute Gasteiger partial charge is 0.258 e. The van der Waals surface area contributed by atoms with Crippen molar-refractivity contribution < 1.29 is 13.9 Å². The molecule has 3 aromatic carbocycles. The largest absolute Gasteiger partial charge is 0.484 e. The summed E-state index contributed by atoms with van der Waals surface area (Å²) in [5, 5.41) is 5.08. The topological polar surface area (TPSA) is 41.6 Å². The fourth-order valence-electron chi connectivity index (χ4n) is 2.95. The number of halogens is 1. The van der Waals surface area contributed by atoms with Crippen molar-refractivity contribution in [3.63, 3.8) is 0 Å². The predicted molar refractivity (Wildman–Crippen MR) is 105 cm³/mol. The van der Waals surface area contributed by atoms with Gasteiger partial charge in [-0.2, -0.15) is 0 Å². The van der Waals surface area contributed by atoms with Crippen molar-refractivity contribution in [1.82, 2.24) is 10.2 Å². The maximum atomic E-state index is 13.1. The summed E-state index contributed by atoms with van der Waals surface area (Å²) in [5.41, 5.74) is 0.942. The van der Waals surface area contributed by atoms with Crippen molar-refractivity contribution in [1.29, 1.82) is 0 Å². The Kier molecular flexibility index (Phi) is 6.04. The maximum absolute atomic E-state index is 13.1. The molecule has 0 heterocycles. The van der Waals surface area contributed by atoms with Crippen LogP contribution in [0.1, 0.15) is 11.6 Å². The Hall–Kier alpha value is -2.92. The van der Waals surface area contributed by atoms with Gasteiger partial charge in [-0.25, -0.2) is 4.39 Å². The highest BCUT2D eigenvalue weighted by Crippen LogP contribution is 2.21. The van der Waals surface area contributed by atoms with Gasteiger partial charge in [0.05, 0.1) is 6.04 Å². The zero-order valence-corrected chi connectivity index (χ0v) is 15.5. The molecule has 1 N–H and O–H groups in total. The standard InChI is InChI=1S/C22H23FN2O2/c1-25(2)21(17-7-10-19(23)11-8-17)14-24-22(26)15-27-20-12-9-16-5-3-4-6-18(16)13-20/h3-13,21H,14-15H2,1-2H3,(H,24,26). The molecule has 27 heavy (non-hydrogen) atoms. The number of amides is 1. The maximum Gasteiger partial charge on any atom is 0.258 e. The second-order valence-corrected chi connectivity index (χ2v) is 6.63. The Bertz CT molecular complexity index is 910. The Morgan fingerprint density at radius 2 is 1.74 bits per heavy atom. The van der Waals surface area contributed by atoms with E-state index in [2.05, 4.69) is 5.32 Å². The van der Waals surface area contributed by atoms with E-state index in [1.54, 1.807) is 12.1 Å². The van der Waals surface area contributed by atoms with Gasteiger partial charge in [0.25, 0.3) is 5.91 Å². The van der Waals surface area contributed by atoms with Crippen LogP contribution in [-0.2, 0) is 4.79 Å². The molecule has 1 atom stereocenters. The van der Waals surface area contributed by atoms with Gasteiger partial charge in [0.2, 0.25) is 0 Å². The normalized spacial score (nSPS) is 12.1. The van der Waals surface area contributed by atoms with E-state index in [1.165, 1.54) is 12.1 Å². The van der Waals surface area contributed by atoms with E-state index in [-0.39, 0.29) is 24.4 Å². The molecular weight excluding hydrogens is 343 g/mol. The van der Waals surface area contributed by atoms with Crippen LogP contribution < -0.4 is 10.1 Å². The minimum absolute atomic E-state index is 0.0461. The molecule has 0 aliphatic carbocycles. The summed E-state index contributed by atoms with van der Waals surface area (Å²) in [6, 6.07) is 20.0. The number of benzene rings is 3. The second-order valence-electron chi connectivity index (χ2n) is 6.63. The molecule has 0 spiro atoms. The lowest BCUT2D eigenvalue weighted by atomic mass is 10.1. The molecule has 0 fully saturated rings. The van der Waals surface area contributed by atoms with E-state index in [0.29, 0.717) is 12.3 Å². The molecule has 0 aliphatic heterocycles. The van der Waals surface area contributed by atoms with Crippen molar-refractivity contribution in [3.8, 4) is 5.75 Å². The average Bonchev–Trinajstić information content (AvgIpc) is 2.67. The lowest BCUT2D eigenvalue weighted by molar-refractivity contribution is -0.123. The first kappa shape index (κ1) is 18.9. The Labute approximate surface area is 158 Å². The van der Waals surface area contributed by atoms with Gasteiger partial charge in [-0.3, -0.25) is 4.79 Å². The summed E-state index contributed by atoms with van der Waals surface area (Å²) in [6.45, 7) is 0.362. The van der Waals surface area contributed by atoms with Crippen LogP contribution in [0.4, 0.5) is 4.39 Å². The molecule has 0 saturated heterocycles. The van der Waals surface area contributed by atoms with Gasteiger partial charge < -0.3 is 15.0 Å². The monoisotopic (exact) mass is 366 g/mol. The highest BCUT2D eigenvalue weighted by molar-refractivity contribution is 5.84. The van der Waals surface area contributed by atoms with Crippen LogP contribution in [-0.4, -0.2) is 38.1 Å². The highest BCUT2D eigenvalue weighted by atomic mass is 19.1. The summed E-state index contributed by atoms with van der Waals surface area (Å²) in [5.74, 6) is 0.188. The van der Waals surface area contributed by atoms with Crippen LogP contribution in [0.25, 0.3) is 10.8 Å². The van der Waals surface area contributed by atoms with Gasteiger partial charge in [0, 0.05) is 6.54 Å². The van der Waals surface area contributed by atoms with Gasteiger partial charge in [-0.05, 0) is 54.7 Å². The van der Waals surface area contributed by atoms with Crippen LogP contribution in [0, 0.1) is 5.82 Å². The number of likely N-dealkylation sites (N-methyl/N-ethyl adjacent to an activating group) is 1. The van der Waals surface area contributed by atoms with E-state index in [4.69, 9.17) is 4.74 Å². The summed E-state index contributed by atoms with van der Waals surface area (Å²) in [6.07, 6.45) is 0. The molecule has 0 aliphatic rings. The minimum atomic E-state index is -0.274. The Balaban J connectivity index is 1.55. The third kappa shape index (κ3) is 5.05. The van der Waals surface area contributed by atoms with E-state index >= 15 is 0 Å². The van der Waals surface area contributed by atoms with Crippen molar-refractivity contribution in [3.05, 3.63) is 78.1 Å². The number of hydrogen-bond donors (Lipinski definition) is 1. The molecule has 4 nitrogen and oxygen atoms in total. The number of carbonyl (C=O) groups excluding carboxylic acids is 1. The van der Waals surface area contributed by atoms with Gasteiger partial charge in [0.15, 0.2) is 6.61 Å². The first-order valence-corrected chi connectivity index (χ1v) is 8.83. The molecule has 1 amide bonds. The zero-order valence-electron chi connectivity index (χ0n) is 15.5. The lowest BCUT2D eigenvalue weighted by Crippen LogP contribution is -2.36. The number of fused-ring (bicyclic) bond motifs is 1. The number of rotatable bonds is 7. The van der Waals surface area contributed by atoms with E-state index in [9.17, 15) is 9.18 Å². The molecule has 0 bridgehead atoms. The molecule has 3 rings (SSSR count). The Morgan fingerprint density at radius 3 is 2.44 bits per heavy atom. The average molecular weight is 366 g/mol. The SMILES string of the molecule is CN(C)C(CNC(=O)COc1ccc2ccccc2c1)c1ccc(F)cc1.